The Bertz CT molecular complexity index is 276. The van der Waals surface area contributed by atoms with Crippen molar-refractivity contribution in [3.63, 3.8) is 0 Å². The van der Waals surface area contributed by atoms with Crippen LogP contribution in [0.1, 0.15) is 18.6 Å². The SMILES string of the molecule is COc1nccc(Cl)c1[C@@H](C)O. The van der Waals surface area contributed by atoms with Crippen molar-refractivity contribution >= 4 is 11.6 Å². The Balaban J connectivity index is 3.20. The lowest BCUT2D eigenvalue weighted by Crippen LogP contribution is -1.99. The summed E-state index contributed by atoms with van der Waals surface area (Å²) in [6.07, 6.45) is 0.869. The van der Waals surface area contributed by atoms with Gasteiger partial charge in [0, 0.05) is 6.20 Å². The Kier molecular flexibility index (Phi) is 2.89. The minimum atomic E-state index is -0.666. The zero-order valence-electron chi connectivity index (χ0n) is 6.91. The lowest BCUT2D eigenvalue weighted by atomic mass is 10.2. The summed E-state index contributed by atoms with van der Waals surface area (Å²) in [5.41, 5.74) is 0.529. The van der Waals surface area contributed by atoms with Crippen LogP contribution in [-0.2, 0) is 0 Å². The Morgan fingerprint density at radius 3 is 2.75 bits per heavy atom. The number of hydrogen-bond acceptors (Lipinski definition) is 3. The molecule has 0 aliphatic carbocycles. The molecule has 1 atom stereocenters. The molecule has 66 valence electrons. The number of methoxy groups -OCH3 is 1. The fourth-order valence-electron chi connectivity index (χ4n) is 0.973. The van der Waals surface area contributed by atoms with Crippen LogP contribution in [-0.4, -0.2) is 17.2 Å². The first kappa shape index (κ1) is 9.29. The molecule has 0 spiro atoms. The van der Waals surface area contributed by atoms with Crippen molar-refractivity contribution in [1.29, 1.82) is 0 Å². The summed E-state index contributed by atoms with van der Waals surface area (Å²) in [6.45, 7) is 1.62. The Morgan fingerprint density at radius 1 is 1.67 bits per heavy atom. The largest absolute Gasteiger partial charge is 0.481 e. The lowest BCUT2D eigenvalue weighted by Gasteiger charge is -2.10. The zero-order chi connectivity index (χ0) is 9.14. The molecule has 3 nitrogen and oxygen atoms in total. The predicted octanol–water partition coefficient (Wildman–Crippen LogP) is 1.80. The average Bonchev–Trinajstić information content (AvgIpc) is 2.03. The fraction of sp³-hybridized carbons (Fsp3) is 0.375. The second kappa shape index (κ2) is 3.74. The van der Waals surface area contributed by atoms with Crippen LogP contribution >= 0.6 is 11.6 Å². The average molecular weight is 188 g/mol. The molecule has 1 heterocycles. The van der Waals surface area contributed by atoms with E-state index in [0.29, 0.717) is 16.5 Å². The van der Waals surface area contributed by atoms with Crippen molar-refractivity contribution < 1.29 is 9.84 Å². The Hall–Kier alpha value is -0.800. The molecular weight excluding hydrogens is 178 g/mol. The molecule has 1 rings (SSSR count). The van der Waals surface area contributed by atoms with Crippen molar-refractivity contribution in [1.82, 2.24) is 4.98 Å². The van der Waals surface area contributed by atoms with Crippen molar-refractivity contribution in [2.75, 3.05) is 7.11 Å². The van der Waals surface area contributed by atoms with Crippen molar-refractivity contribution in [3.05, 3.63) is 22.8 Å². The van der Waals surface area contributed by atoms with E-state index < -0.39 is 6.10 Å². The van der Waals surface area contributed by atoms with E-state index in [9.17, 15) is 5.11 Å². The third-order valence-corrected chi connectivity index (χ3v) is 1.84. The van der Waals surface area contributed by atoms with Crippen LogP contribution < -0.4 is 4.74 Å². The standard InChI is InChI=1S/C8H10ClNO2/c1-5(11)7-6(9)3-4-10-8(7)12-2/h3-5,11H,1-2H3/t5-/m1/s1. The van der Waals surface area contributed by atoms with Crippen LogP contribution in [0.15, 0.2) is 12.3 Å². The first-order valence-corrected chi connectivity index (χ1v) is 3.91. The van der Waals surface area contributed by atoms with Gasteiger partial charge in [-0.1, -0.05) is 11.6 Å². The molecule has 0 aliphatic heterocycles. The second-order valence-electron chi connectivity index (χ2n) is 2.39. The first-order chi connectivity index (χ1) is 5.66. The number of ether oxygens (including phenoxy) is 1. The van der Waals surface area contributed by atoms with Gasteiger partial charge in [0.15, 0.2) is 0 Å². The number of hydrogen-bond donors (Lipinski definition) is 1. The highest BCUT2D eigenvalue weighted by Crippen LogP contribution is 2.29. The van der Waals surface area contributed by atoms with E-state index in [0.717, 1.165) is 0 Å². The van der Waals surface area contributed by atoms with E-state index in [1.165, 1.54) is 13.3 Å². The van der Waals surface area contributed by atoms with Crippen LogP contribution in [0.25, 0.3) is 0 Å². The summed E-state index contributed by atoms with van der Waals surface area (Å²) in [4.78, 5) is 3.91. The van der Waals surface area contributed by atoms with Gasteiger partial charge in [0.1, 0.15) is 0 Å². The predicted molar refractivity (Wildman–Crippen MR) is 46.4 cm³/mol. The van der Waals surface area contributed by atoms with Crippen molar-refractivity contribution in [2.45, 2.75) is 13.0 Å². The highest BCUT2D eigenvalue weighted by molar-refractivity contribution is 6.31. The van der Waals surface area contributed by atoms with Gasteiger partial charge < -0.3 is 9.84 Å². The summed E-state index contributed by atoms with van der Waals surface area (Å²) in [5.74, 6) is 0.373. The zero-order valence-corrected chi connectivity index (χ0v) is 7.67. The van der Waals surface area contributed by atoms with Crippen LogP contribution in [0.4, 0.5) is 0 Å². The van der Waals surface area contributed by atoms with Crippen LogP contribution in [0, 0.1) is 0 Å². The van der Waals surface area contributed by atoms with Crippen molar-refractivity contribution in [3.8, 4) is 5.88 Å². The van der Waals surface area contributed by atoms with Gasteiger partial charge in [-0.25, -0.2) is 4.98 Å². The summed E-state index contributed by atoms with van der Waals surface area (Å²) in [5, 5.41) is 9.78. The molecule has 1 aromatic heterocycles. The molecule has 0 aliphatic rings. The van der Waals surface area contributed by atoms with E-state index in [-0.39, 0.29) is 0 Å². The van der Waals surface area contributed by atoms with Gasteiger partial charge in [0.2, 0.25) is 5.88 Å². The summed E-state index contributed by atoms with van der Waals surface area (Å²) in [7, 11) is 1.49. The summed E-state index contributed by atoms with van der Waals surface area (Å²) in [6, 6.07) is 1.62. The molecule has 4 heteroatoms. The van der Waals surface area contributed by atoms with Crippen LogP contribution in [0.3, 0.4) is 0 Å². The monoisotopic (exact) mass is 187 g/mol. The van der Waals surface area contributed by atoms with E-state index in [2.05, 4.69) is 4.98 Å². The lowest BCUT2D eigenvalue weighted by molar-refractivity contribution is 0.193. The molecular formula is C8H10ClNO2. The summed E-state index contributed by atoms with van der Waals surface area (Å²) < 4.78 is 4.93. The highest BCUT2D eigenvalue weighted by atomic mass is 35.5. The molecule has 0 bridgehead atoms. The van der Waals surface area contributed by atoms with Crippen LogP contribution in [0.5, 0.6) is 5.88 Å². The molecule has 0 unspecified atom stereocenters. The van der Waals surface area contributed by atoms with E-state index in [1.54, 1.807) is 13.0 Å². The molecule has 0 amide bonds. The normalized spacial score (nSPS) is 12.7. The van der Waals surface area contributed by atoms with E-state index in [1.807, 2.05) is 0 Å². The van der Waals surface area contributed by atoms with E-state index >= 15 is 0 Å². The van der Waals surface area contributed by atoms with Gasteiger partial charge in [0.25, 0.3) is 0 Å². The van der Waals surface area contributed by atoms with E-state index in [4.69, 9.17) is 16.3 Å². The number of nitrogens with zero attached hydrogens (tertiary/aromatic N) is 1. The van der Waals surface area contributed by atoms with Crippen molar-refractivity contribution in [2.24, 2.45) is 0 Å². The van der Waals surface area contributed by atoms with Gasteiger partial charge in [-0.05, 0) is 13.0 Å². The number of aliphatic hydroxyl groups is 1. The number of rotatable bonds is 2. The van der Waals surface area contributed by atoms with Gasteiger partial charge in [-0.2, -0.15) is 0 Å². The fourth-order valence-corrected chi connectivity index (χ4v) is 1.27. The molecule has 0 fully saturated rings. The quantitative estimate of drug-likeness (QED) is 0.768. The molecule has 0 saturated carbocycles. The third-order valence-electron chi connectivity index (χ3n) is 1.51. The van der Waals surface area contributed by atoms with Gasteiger partial charge >= 0.3 is 0 Å². The minimum Gasteiger partial charge on any atom is -0.481 e. The maximum atomic E-state index is 9.31. The molecule has 1 aromatic rings. The molecule has 1 N–H and O–H groups in total. The van der Waals surface area contributed by atoms with Gasteiger partial charge in [-0.3, -0.25) is 0 Å². The molecule has 0 aromatic carbocycles. The Labute approximate surface area is 76.0 Å². The topological polar surface area (TPSA) is 42.4 Å². The Morgan fingerprint density at radius 2 is 2.33 bits per heavy atom. The van der Waals surface area contributed by atoms with Crippen LogP contribution in [0.2, 0.25) is 5.02 Å². The molecule has 0 saturated heterocycles. The maximum absolute atomic E-state index is 9.31. The summed E-state index contributed by atoms with van der Waals surface area (Å²) >= 11 is 5.82. The second-order valence-corrected chi connectivity index (χ2v) is 2.80. The third kappa shape index (κ3) is 1.68. The van der Waals surface area contributed by atoms with Gasteiger partial charge in [-0.15, -0.1) is 0 Å². The minimum absolute atomic E-state index is 0.373. The first-order valence-electron chi connectivity index (χ1n) is 3.53. The maximum Gasteiger partial charge on any atom is 0.220 e. The number of pyridine rings is 1. The molecule has 0 radical (unpaired) electrons. The number of aromatic nitrogens is 1. The highest BCUT2D eigenvalue weighted by Gasteiger charge is 2.13. The smallest absolute Gasteiger partial charge is 0.220 e. The van der Waals surface area contributed by atoms with Gasteiger partial charge in [0.05, 0.1) is 23.8 Å². The number of aliphatic hydroxyl groups excluding tert-OH is 1. The molecule has 12 heavy (non-hydrogen) atoms. The number of halogens is 1.